The predicted molar refractivity (Wildman–Crippen MR) is 77.6 cm³/mol. The lowest BCUT2D eigenvalue weighted by atomic mass is 10.1. The van der Waals surface area contributed by atoms with Gasteiger partial charge in [0.15, 0.2) is 0 Å². The molecule has 1 amide bonds. The molecular weight excluding hydrogens is 238 g/mol. The molecule has 0 saturated carbocycles. The van der Waals surface area contributed by atoms with Gasteiger partial charge < -0.3 is 16.8 Å². The summed E-state index contributed by atoms with van der Waals surface area (Å²) in [5.74, 6) is -0.181. The summed E-state index contributed by atoms with van der Waals surface area (Å²) in [6, 6.07) is 12.9. The van der Waals surface area contributed by atoms with E-state index in [0.717, 1.165) is 5.56 Å². The van der Waals surface area contributed by atoms with Gasteiger partial charge in [-0.2, -0.15) is 0 Å². The summed E-state index contributed by atoms with van der Waals surface area (Å²) in [5.41, 5.74) is 15.0. The third-order valence-corrected chi connectivity index (χ3v) is 2.81. The summed E-state index contributed by atoms with van der Waals surface area (Å²) in [4.78, 5) is 12.0. The van der Waals surface area contributed by atoms with Crippen molar-refractivity contribution in [2.45, 2.75) is 13.5 Å². The molecule has 4 nitrogen and oxygen atoms in total. The maximum absolute atomic E-state index is 12.0. The number of carbonyl (C=O) groups excluding carboxylic acids is 1. The van der Waals surface area contributed by atoms with Gasteiger partial charge in [-0.3, -0.25) is 4.79 Å². The zero-order valence-corrected chi connectivity index (χ0v) is 10.8. The number of benzene rings is 2. The minimum absolute atomic E-state index is 0.181. The molecule has 0 aromatic heterocycles. The lowest BCUT2D eigenvalue weighted by Gasteiger charge is -2.07. The Bertz CT molecular complexity index is 571. The van der Waals surface area contributed by atoms with E-state index >= 15 is 0 Å². The molecule has 0 radical (unpaired) electrons. The van der Waals surface area contributed by atoms with Gasteiger partial charge in [-0.25, -0.2) is 0 Å². The molecule has 2 rings (SSSR count). The van der Waals surface area contributed by atoms with E-state index in [4.69, 9.17) is 11.5 Å². The van der Waals surface area contributed by atoms with Crippen LogP contribution >= 0.6 is 0 Å². The number of aryl methyl sites for hydroxylation is 1. The zero-order chi connectivity index (χ0) is 13.8. The molecule has 2 aromatic carbocycles. The van der Waals surface area contributed by atoms with Crippen LogP contribution in [0.3, 0.4) is 0 Å². The third-order valence-electron chi connectivity index (χ3n) is 2.81. The first-order valence-electron chi connectivity index (χ1n) is 6.04. The minimum Gasteiger partial charge on any atom is -0.399 e. The number of anilines is 2. The van der Waals surface area contributed by atoms with Crippen LogP contribution in [0.25, 0.3) is 0 Å². The summed E-state index contributed by atoms with van der Waals surface area (Å²) in [7, 11) is 0. The van der Waals surface area contributed by atoms with Gasteiger partial charge in [0.25, 0.3) is 5.91 Å². The summed E-state index contributed by atoms with van der Waals surface area (Å²) in [6.45, 7) is 2.51. The molecular formula is C15H17N3O. The summed E-state index contributed by atoms with van der Waals surface area (Å²) >= 11 is 0. The number of nitrogens with two attached hydrogens (primary N) is 2. The van der Waals surface area contributed by atoms with Crippen LogP contribution in [-0.2, 0) is 6.54 Å². The lowest BCUT2D eigenvalue weighted by molar-refractivity contribution is 0.0951. The smallest absolute Gasteiger partial charge is 0.251 e. The van der Waals surface area contributed by atoms with Gasteiger partial charge in [-0.1, -0.05) is 29.8 Å². The van der Waals surface area contributed by atoms with Gasteiger partial charge in [-0.05, 0) is 30.7 Å². The van der Waals surface area contributed by atoms with Crippen molar-refractivity contribution in [1.82, 2.24) is 5.32 Å². The Morgan fingerprint density at radius 1 is 1.05 bits per heavy atom. The lowest BCUT2D eigenvalue weighted by Crippen LogP contribution is -2.23. The highest BCUT2D eigenvalue weighted by Gasteiger charge is 2.06. The Balaban J connectivity index is 2.03. The standard InChI is InChI=1S/C15H17N3O/c1-10-2-4-11(5-3-10)9-18-15(19)12-6-13(16)8-14(17)7-12/h2-8H,9,16-17H2,1H3,(H,18,19). The topological polar surface area (TPSA) is 81.1 Å². The SMILES string of the molecule is Cc1ccc(CNC(=O)c2cc(N)cc(N)c2)cc1. The van der Waals surface area contributed by atoms with Crippen molar-refractivity contribution >= 4 is 17.3 Å². The molecule has 0 heterocycles. The molecule has 0 atom stereocenters. The van der Waals surface area contributed by atoms with E-state index in [2.05, 4.69) is 5.32 Å². The van der Waals surface area contributed by atoms with Crippen LogP contribution in [0.5, 0.6) is 0 Å². The maximum atomic E-state index is 12.0. The van der Waals surface area contributed by atoms with Gasteiger partial charge in [0, 0.05) is 23.5 Å². The van der Waals surface area contributed by atoms with Gasteiger partial charge in [-0.15, -0.1) is 0 Å². The van der Waals surface area contributed by atoms with Crippen LogP contribution in [0.2, 0.25) is 0 Å². The highest BCUT2D eigenvalue weighted by molar-refractivity contribution is 5.96. The van der Waals surface area contributed by atoms with Gasteiger partial charge in [0.05, 0.1) is 0 Å². The van der Waals surface area contributed by atoms with Crippen molar-refractivity contribution in [1.29, 1.82) is 0 Å². The van der Waals surface area contributed by atoms with Gasteiger partial charge >= 0.3 is 0 Å². The molecule has 0 aliphatic heterocycles. The Morgan fingerprint density at radius 2 is 1.63 bits per heavy atom. The Labute approximate surface area is 112 Å². The van der Waals surface area contributed by atoms with Crippen molar-refractivity contribution in [3.63, 3.8) is 0 Å². The number of carbonyl (C=O) groups is 1. The number of nitrogen functional groups attached to an aromatic ring is 2. The summed E-state index contributed by atoms with van der Waals surface area (Å²) < 4.78 is 0. The highest BCUT2D eigenvalue weighted by atomic mass is 16.1. The second kappa shape index (κ2) is 5.44. The first-order chi connectivity index (χ1) is 9.04. The molecule has 4 heteroatoms. The second-order valence-electron chi connectivity index (χ2n) is 4.56. The molecule has 0 fully saturated rings. The first-order valence-corrected chi connectivity index (χ1v) is 6.04. The van der Waals surface area contributed by atoms with E-state index in [0.29, 0.717) is 23.5 Å². The van der Waals surface area contributed by atoms with Crippen molar-refractivity contribution in [2.24, 2.45) is 0 Å². The quantitative estimate of drug-likeness (QED) is 0.734. The minimum atomic E-state index is -0.181. The van der Waals surface area contributed by atoms with E-state index in [1.54, 1.807) is 18.2 Å². The molecule has 0 unspecified atom stereocenters. The molecule has 0 aliphatic rings. The largest absolute Gasteiger partial charge is 0.399 e. The molecule has 0 bridgehead atoms. The van der Waals surface area contributed by atoms with Crippen LogP contribution in [0.1, 0.15) is 21.5 Å². The van der Waals surface area contributed by atoms with Crippen molar-refractivity contribution in [3.05, 3.63) is 59.2 Å². The van der Waals surface area contributed by atoms with Crippen LogP contribution in [0, 0.1) is 6.92 Å². The first kappa shape index (κ1) is 13.0. The van der Waals surface area contributed by atoms with Crippen molar-refractivity contribution < 1.29 is 4.79 Å². The monoisotopic (exact) mass is 255 g/mol. The average Bonchev–Trinajstić information content (AvgIpc) is 2.36. The second-order valence-corrected chi connectivity index (χ2v) is 4.56. The molecule has 2 aromatic rings. The fourth-order valence-corrected chi connectivity index (χ4v) is 1.80. The number of rotatable bonds is 3. The summed E-state index contributed by atoms with van der Waals surface area (Å²) in [6.07, 6.45) is 0. The zero-order valence-electron chi connectivity index (χ0n) is 10.8. The maximum Gasteiger partial charge on any atom is 0.251 e. The normalized spacial score (nSPS) is 10.2. The molecule has 0 saturated heterocycles. The van der Waals surface area contributed by atoms with Crippen LogP contribution < -0.4 is 16.8 Å². The predicted octanol–water partition coefficient (Wildman–Crippen LogP) is 2.09. The number of hydrogen-bond donors (Lipinski definition) is 3. The highest BCUT2D eigenvalue weighted by Crippen LogP contribution is 2.13. The third kappa shape index (κ3) is 3.48. The molecule has 5 N–H and O–H groups in total. The molecule has 98 valence electrons. The van der Waals surface area contributed by atoms with Crippen molar-refractivity contribution in [3.8, 4) is 0 Å². The molecule has 0 spiro atoms. The number of amides is 1. The summed E-state index contributed by atoms with van der Waals surface area (Å²) in [5, 5.41) is 2.84. The van der Waals surface area contributed by atoms with E-state index in [9.17, 15) is 4.79 Å². The Morgan fingerprint density at radius 3 is 2.21 bits per heavy atom. The molecule has 0 aliphatic carbocycles. The van der Waals surface area contributed by atoms with Crippen LogP contribution in [0.15, 0.2) is 42.5 Å². The van der Waals surface area contributed by atoms with E-state index < -0.39 is 0 Å². The van der Waals surface area contributed by atoms with Gasteiger partial charge in [0.1, 0.15) is 0 Å². The Kier molecular flexibility index (Phi) is 3.71. The van der Waals surface area contributed by atoms with Crippen LogP contribution in [0.4, 0.5) is 11.4 Å². The van der Waals surface area contributed by atoms with E-state index in [1.807, 2.05) is 31.2 Å². The van der Waals surface area contributed by atoms with E-state index in [1.165, 1.54) is 5.56 Å². The Hall–Kier alpha value is -2.49. The van der Waals surface area contributed by atoms with E-state index in [-0.39, 0.29) is 5.91 Å². The molecule has 19 heavy (non-hydrogen) atoms. The number of hydrogen-bond acceptors (Lipinski definition) is 3. The average molecular weight is 255 g/mol. The fourth-order valence-electron chi connectivity index (χ4n) is 1.80. The van der Waals surface area contributed by atoms with Crippen LogP contribution in [-0.4, -0.2) is 5.91 Å². The number of nitrogens with one attached hydrogen (secondary N) is 1. The van der Waals surface area contributed by atoms with Gasteiger partial charge in [0.2, 0.25) is 0 Å². The fraction of sp³-hybridized carbons (Fsp3) is 0.133. The van der Waals surface area contributed by atoms with Crippen molar-refractivity contribution in [2.75, 3.05) is 11.5 Å².